The van der Waals surface area contributed by atoms with Crippen LogP contribution in [0.4, 0.5) is 5.82 Å². The van der Waals surface area contributed by atoms with Crippen LogP contribution in [0.5, 0.6) is 0 Å². The molecule has 1 saturated heterocycles. The van der Waals surface area contributed by atoms with Crippen molar-refractivity contribution in [1.82, 2.24) is 25.1 Å². The summed E-state index contributed by atoms with van der Waals surface area (Å²) in [7, 11) is 0. The van der Waals surface area contributed by atoms with Crippen LogP contribution in [0.25, 0.3) is 0 Å². The number of aryl methyl sites for hydroxylation is 1. The molecule has 34 heavy (non-hydrogen) atoms. The summed E-state index contributed by atoms with van der Waals surface area (Å²) in [6.07, 6.45) is 4.48. The van der Waals surface area contributed by atoms with Gasteiger partial charge in [0.2, 0.25) is 5.91 Å². The zero-order valence-corrected chi connectivity index (χ0v) is 19.7. The lowest BCUT2D eigenvalue weighted by Gasteiger charge is -2.31. The van der Waals surface area contributed by atoms with E-state index in [0.29, 0.717) is 25.5 Å². The third-order valence-electron chi connectivity index (χ3n) is 6.59. The molecule has 4 rings (SSSR count). The molecule has 0 unspecified atom stereocenters. The molecule has 0 radical (unpaired) electrons. The van der Waals surface area contributed by atoms with Crippen molar-refractivity contribution in [2.24, 2.45) is 0 Å². The SMILES string of the molecule is CC(=O)N1CCC(Nc2cc(C(=O)NC[C@H](O)CN3CCCc4ccccc4C3)ncn2)CC1. The molecule has 1 atom stereocenters. The fourth-order valence-corrected chi connectivity index (χ4v) is 4.70. The van der Waals surface area contributed by atoms with E-state index >= 15 is 0 Å². The fraction of sp³-hybridized carbons (Fsp3) is 0.520. The number of piperidine rings is 1. The molecule has 3 N–H and O–H groups in total. The number of fused-ring (bicyclic) bond motifs is 1. The predicted molar refractivity (Wildman–Crippen MR) is 129 cm³/mol. The number of likely N-dealkylation sites (tertiary alicyclic amines) is 1. The molecule has 182 valence electrons. The summed E-state index contributed by atoms with van der Waals surface area (Å²) < 4.78 is 0. The van der Waals surface area contributed by atoms with Crippen LogP contribution >= 0.6 is 0 Å². The van der Waals surface area contributed by atoms with E-state index in [0.717, 1.165) is 38.8 Å². The van der Waals surface area contributed by atoms with Crippen molar-refractivity contribution in [2.75, 3.05) is 38.0 Å². The number of aliphatic hydroxyl groups is 1. The molecule has 9 nitrogen and oxygen atoms in total. The number of β-amino-alcohol motifs (C(OH)–C–C–N with tert-alkyl or cyclic N) is 1. The van der Waals surface area contributed by atoms with Crippen molar-refractivity contribution in [3.63, 3.8) is 0 Å². The van der Waals surface area contributed by atoms with Gasteiger partial charge < -0.3 is 20.6 Å². The van der Waals surface area contributed by atoms with E-state index in [4.69, 9.17) is 0 Å². The summed E-state index contributed by atoms with van der Waals surface area (Å²) in [5, 5.41) is 16.7. The maximum atomic E-state index is 12.6. The number of amides is 2. The molecular weight excluding hydrogens is 432 g/mol. The molecule has 2 aromatic rings. The van der Waals surface area contributed by atoms with E-state index in [1.54, 1.807) is 13.0 Å². The number of anilines is 1. The molecule has 0 saturated carbocycles. The molecule has 3 heterocycles. The zero-order chi connectivity index (χ0) is 23.9. The van der Waals surface area contributed by atoms with E-state index in [-0.39, 0.29) is 30.1 Å². The number of nitrogens with zero attached hydrogens (tertiary/aromatic N) is 4. The number of benzene rings is 1. The standard InChI is InChI=1S/C25H34N6O3/c1-18(32)31-11-8-21(9-12-31)29-24-13-23(27-17-28-24)25(34)26-14-22(33)16-30-10-4-7-19-5-2-3-6-20(19)15-30/h2-3,5-6,13,17,21-22,33H,4,7-12,14-16H2,1H3,(H,26,34)(H,27,28,29)/t22-/m0/s1. The number of aliphatic hydroxyl groups excluding tert-OH is 1. The van der Waals surface area contributed by atoms with Gasteiger partial charge in [0.1, 0.15) is 17.8 Å². The van der Waals surface area contributed by atoms with Gasteiger partial charge in [0.25, 0.3) is 5.91 Å². The number of nitrogens with one attached hydrogen (secondary N) is 2. The molecule has 9 heteroatoms. The van der Waals surface area contributed by atoms with Crippen molar-refractivity contribution < 1.29 is 14.7 Å². The Morgan fingerprint density at radius 2 is 1.91 bits per heavy atom. The number of aromatic nitrogens is 2. The van der Waals surface area contributed by atoms with Crippen LogP contribution in [0.15, 0.2) is 36.7 Å². The van der Waals surface area contributed by atoms with E-state index in [1.807, 2.05) is 4.90 Å². The number of hydrogen-bond donors (Lipinski definition) is 3. The highest BCUT2D eigenvalue weighted by Gasteiger charge is 2.22. The van der Waals surface area contributed by atoms with Gasteiger partial charge in [0, 0.05) is 51.8 Å². The van der Waals surface area contributed by atoms with Gasteiger partial charge in [-0.3, -0.25) is 14.5 Å². The molecule has 2 aliphatic heterocycles. The van der Waals surface area contributed by atoms with Gasteiger partial charge in [0.05, 0.1) is 6.10 Å². The van der Waals surface area contributed by atoms with Gasteiger partial charge in [-0.15, -0.1) is 0 Å². The Morgan fingerprint density at radius 3 is 2.68 bits per heavy atom. The normalized spacial score (nSPS) is 18.0. The Balaban J connectivity index is 1.24. The van der Waals surface area contributed by atoms with Gasteiger partial charge in [-0.1, -0.05) is 24.3 Å². The molecular formula is C25H34N6O3. The average Bonchev–Trinajstić information content (AvgIpc) is 3.04. The van der Waals surface area contributed by atoms with Crippen molar-refractivity contribution in [1.29, 1.82) is 0 Å². The van der Waals surface area contributed by atoms with Crippen LogP contribution in [0.2, 0.25) is 0 Å². The van der Waals surface area contributed by atoms with Crippen molar-refractivity contribution in [2.45, 2.75) is 51.3 Å². The topological polar surface area (TPSA) is 111 Å². The summed E-state index contributed by atoms with van der Waals surface area (Å²) in [5.74, 6) is 0.351. The fourth-order valence-electron chi connectivity index (χ4n) is 4.70. The molecule has 0 aliphatic carbocycles. The van der Waals surface area contributed by atoms with Gasteiger partial charge in [-0.25, -0.2) is 9.97 Å². The second kappa shape index (κ2) is 11.4. The van der Waals surface area contributed by atoms with Gasteiger partial charge >= 0.3 is 0 Å². The third kappa shape index (κ3) is 6.51. The average molecular weight is 467 g/mol. The van der Waals surface area contributed by atoms with Gasteiger partial charge in [0.15, 0.2) is 0 Å². The predicted octanol–water partition coefficient (Wildman–Crippen LogP) is 1.44. The number of carbonyl (C=O) groups excluding carboxylic acids is 2. The Hall–Kier alpha value is -3.04. The first-order chi connectivity index (χ1) is 16.5. The van der Waals surface area contributed by atoms with Crippen LogP contribution in [0.1, 0.15) is 47.8 Å². The molecule has 2 aliphatic rings. The lowest BCUT2D eigenvalue weighted by atomic mass is 10.0. The lowest BCUT2D eigenvalue weighted by molar-refractivity contribution is -0.129. The van der Waals surface area contributed by atoms with Crippen LogP contribution in [-0.2, 0) is 17.8 Å². The number of hydrogen-bond acceptors (Lipinski definition) is 7. The maximum Gasteiger partial charge on any atom is 0.270 e. The summed E-state index contributed by atoms with van der Waals surface area (Å²) in [6, 6.07) is 10.3. The maximum absolute atomic E-state index is 12.6. The van der Waals surface area contributed by atoms with Crippen LogP contribution < -0.4 is 10.6 Å². The summed E-state index contributed by atoms with van der Waals surface area (Å²) >= 11 is 0. The van der Waals surface area contributed by atoms with Crippen LogP contribution in [0.3, 0.4) is 0 Å². The first kappa shape index (κ1) is 24.1. The monoisotopic (exact) mass is 466 g/mol. The van der Waals surface area contributed by atoms with Gasteiger partial charge in [-0.05, 0) is 43.4 Å². The van der Waals surface area contributed by atoms with Crippen molar-refractivity contribution >= 4 is 17.6 Å². The van der Waals surface area contributed by atoms with Gasteiger partial charge in [-0.2, -0.15) is 0 Å². The largest absolute Gasteiger partial charge is 0.390 e. The second-order valence-corrected chi connectivity index (χ2v) is 9.18. The highest BCUT2D eigenvalue weighted by Crippen LogP contribution is 2.19. The second-order valence-electron chi connectivity index (χ2n) is 9.18. The molecule has 0 bridgehead atoms. The number of carbonyl (C=O) groups is 2. The van der Waals surface area contributed by atoms with Crippen molar-refractivity contribution in [3.8, 4) is 0 Å². The Morgan fingerprint density at radius 1 is 1.15 bits per heavy atom. The summed E-state index contributed by atoms with van der Waals surface area (Å²) in [6.45, 7) is 5.42. The highest BCUT2D eigenvalue weighted by atomic mass is 16.3. The lowest BCUT2D eigenvalue weighted by Crippen LogP contribution is -2.41. The Kier molecular flexibility index (Phi) is 8.08. The number of rotatable bonds is 7. The smallest absolute Gasteiger partial charge is 0.270 e. The van der Waals surface area contributed by atoms with Crippen LogP contribution in [0, 0.1) is 0 Å². The molecule has 1 aromatic carbocycles. The first-order valence-corrected chi connectivity index (χ1v) is 12.1. The van der Waals surface area contributed by atoms with Crippen LogP contribution in [-0.4, -0.2) is 81.6 Å². The Bertz CT molecular complexity index is 992. The summed E-state index contributed by atoms with van der Waals surface area (Å²) in [5.41, 5.74) is 2.95. The van der Waals surface area contributed by atoms with E-state index in [2.05, 4.69) is 49.8 Å². The minimum Gasteiger partial charge on any atom is -0.390 e. The molecule has 0 spiro atoms. The van der Waals surface area contributed by atoms with E-state index < -0.39 is 6.10 Å². The quantitative estimate of drug-likeness (QED) is 0.566. The summed E-state index contributed by atoms with van der Waals surface area (Å²) in [4.78, 5) is 36.5. The third-order valence-corrected chi connectivity index (χ3v) is 6.59. The van der Waals surface area contributed by atoms with E-state index in [9.17, 15) is 14.7 Å². The van der Waals surface area contributed by atoms with E-state index in [1.165, 1.54) is 17.5 Å². The highest BCUT2D eigenvalue weighted by molar-refractivity contribution is 5.92. The molecule has 1 aromatic heterocycles. The molecule has 2 amide bonds. The Labute approximate surface area is 200 Å². The first-order valence-electron chi connectivity index (χ1n) is 12.1. The van der Waals surface area contributed by atoms with Crippen molar-refractivity contribution in [3.05, 3.63) is 53.5 Å². The zero-order valence-electron chi connectivity index (χ0n) is 19.7. The minimum absolute atomic E-state index is 0.0993. The molecule has 1 fully saturated rings. The minimum atomic E-state index is -0.667.